The van der Waals surface area contributed by atoms with Crippen LogP contribution in [-0.4, -0.2) is 20.4 Å². The van der Waals surface area contributed by atoms with Gasteiger partial charge in [0.15, 0.2) is 6.10 Å². The van der Waals surface area contributed by atoms with E-state index in [1.807, 2.05) is 13.8 Å². The van der Waals surface area contributed by atoms with Crippen LogP contribution < -0.4 is 14.8 Å². The van der Waals surface area contributed by atoms with Gasteiger partial charge in [-0.3, -0.25) is 9.52 Å². The molecule has 0 radical (unpaired) electrons. The van der Waals surface area contributed by atoms with Gasteiger partial charge < -0.3 is 10.1 Å². The van der Waals surface area contributed by atoms with E-state index >= 15 is 0 Å². The SMILES string of the molecule is Cc1ccc(Cl)cc1NS(=O)(=O)c1ccc(NC(=O)[C@H](C)Oc2cc(C)c(Cl)c(C)c2)cc1. The lowest BCUT2D eigenvalue weighted by Crippen LogP contribution is -2.30. The number of carbonyl (C=O) groups is 1. The Bertz CT molecular complexity index is 1270. The maximum absolute atomic E-state index is 12.7. The molecule has 33 heavy (non-hydrogen) atoms. The second kappa shape index (κ2) is 10.0. The minimum Gasteiger partial charge on any atom is -0.481 e. The van der Waals surface area contributed by atoms with Gasteiger partial charge in [-0.05, 0) is 92.9 Å². The Balaban J connectivity index is 1.67. The van der Waals surface area contributed by atoms with Crippen LogP contribution in [0.25, 0.3) is 0 Å². The largest absolute Gasteiger partial charge is 0.481 e. The topological polar surface area (TPSA) is 84.5 Å². The molecule has 1 amide bonds. The van der Waals surface area contributed by atoms with Crippen LogP contribution in [0.2, 0.25) is 10.0 Å². The van der Waals surface area contributed by atoms with Crippen molar-refractivity contribution in [1.82, 2.24) is 0 Å². The third kappa shape index (κ3) is 6.19. The Morgan fingerprint density at radius 3 is 2.12 bits per heavy atom. The Morgan fingerprint density at radius 1 is 0.909 bits per heavy atom. The van der Waals surface area contributed by atoms with E-state index in [-0.39, 0.29) is 10.8 Å². The summed E-state index contributed by atoms with van der Waals surface area (Å²) in [4.78, 5) is 12.6. The zero-order valence-corrected chi connectivity index (χ0v) is 20.9. The molecule has 0 heterocycles. The van der Waals surface area contributed by atoms with Crippen LogP contribution in [0.3, 0.4) is 0 Å². The molecule has 3 aromatic carbocycles. The molecule has 0 saturated heterocycles. The van der Waals surface area contributed by atoms with Crippen LogP contribution in [-0.2, 0) is 14.8 Å². The highest BCUT2D eigenvalue weighted by molar-refractivity contribution is 7.92. The number of halogens is 2. The molecule has 0 aliphatic heterocycles. The van der Waals surface area contributed by atoms with E-state index in [4.69, 9.17) is 27.9 Å². The van der Waals surface area contributed by atoms with Gasteiger partial charge in [-0.2, -0.15) is 0 Å². The van der Waals surface area contributed by atoms with Gasteiger partial charge in [0.1, 0.15) is 5.75 Å². The monoisotopic (exact) mass is 506 g/mol. The van der Waals surface area contributed by atoms with E-state index in [9.17, 15) is 13.2 Å². The first-order valence-corrected chi connectivity index (χ1v) is 12.3. The van der Waals surface area contributed by atoms with E-state index in [2.05, 4.69) is 10.0 Å². The minimum absolute atomic E-state index is 0.0521. The Kier molecular flexibility index (Phi) is 7.57. The van der Waals surface area contributed by atoms with Crippen LogP contribution in [0.15, 0.2) is 59.5 Å². The molecule has 6 nitrogen and oxygen atoms in total. The van der Waals surface area contributed by atoms with Crippen molar-refractivity contribution in [2.24, 2.45) is 0 Å². The number of nitrogens with one attached hydrogen (secondary N) is 2. The maximum Gasteiger partial charge on any atom is 0.265 e. The van der Waals surface area contributed by atoms with Crippen LogP contribution in [0.4, 0.5) is 11.4 Å². The van der Waals surface area contributed by atoms with E-state index in [0.717, 1.165) is 16.7 Å². The third-order valence-corrected chi connectivity index (χ3v) is 7.18. The van der Waals surface area contributed by atoms with Crippen molar-refractivity contribution in [2.75, 3.05) is 10.0 Å². The molecule has 0 saturated carbocycles. The molecule has 0 unspecified atom stereocenters. The van der Waals surface area contributed by atoms with Gasteiger partial charge in [-0.15, -0.1) is 0 Å². The standard InChI is InChI=1S/C24H24Cl2N2O4S/c1-14-5-6-18(25)13-22(14)28-33(30,31)21-9-7-19(8-10-21)27-24(29)17(4)32-20-11-15(2)23(26)16(3)12-20/h5-13,17,28H,1-4H3,(H,27,29)/t17-/m0/s1. The highest BCUT2D eigenvalue weighted by atomic mass is 35.5. The van der Waals surface area contributed by atoms with E-state index in [0.29, 0.717) is 27.2 Å². The molecule has 9 heteroatoms. The zero-order chi connectivity index (χ0) is 24.3. The van der Waals surface area contributed by atoms with Gasteiger partial charge in [0.25, 0.3) is 15.9 Å². The molecule has 174 valence electrons. The van der Waals surface area contributed by atoms with Crippen molar-refractivity contribution in [3.05, 3.63) is 81.3 Å². The Hall–Kier alpha value is -2.74. The van der Waals surface area contributed by atoms with Crippen molar-refractivity contribution in [2.45, 2.75) is 38.7 Å². The van der Waals surface area contributed by atoms with Crippen molar-refractivity contribution in [3.63, 3.8) is 0 Å². The number of ether oxygens (including phenoxy) is 1. The van der Waals surface area contributed by atoms with Crippen molar-refractivity contribution in [3.8, 4) is 5.75 Å². The number of amides is 1. The summed E-state index contributed by atoms with van der Waals surface area (Å²) in [5.74, 6) is 0.171. The zero-order valence-electron chi connectivity index (χ0n) is 18.6. The fourth-order valence-electron chi connectivity index (χ4n) is 3.10. The molecule has 0 aromatic heterocycles. The van der Waals surface area contributed by atoms with Gasteiger partial charge >= 0.3 is 0 Å². The van der Waals surface area contributed by atoms with Crippen molar-refractivity contribution in [1.29, 1.82) is 0 Å². The lowest BCUT2D eigenvalue weighted by molar-refractivity contribution is -0.122. The van der Waals surface area contributed by atoms with Gasteiger partial charge in [0.05, 0.1) is 10.6 Å². The van der Waals surface area contributed by atoms with E-state index in [1.165, 1.54) is 24.3 Å². The molecule has 0 spiro atoms. The molecule has 0 aliphatic carbocycles. The highest BCUT2D eigenvalue weighted by Crippen LogP contribution is 2.27. The molecule has 1 atom stereocenters. The molecule has 3 rings (SSSR count). The first kappa shape index (κ1) is 24.9. The number of anilines is 2. The summed E-state index contributed by atoms with van der Waals surface area (Å²) in [7, 11) is -3.82. The Morgan fingerprint density at radius 2 is 1.52 bits per heavy atom. The highest BCUT2D eigenvalue weighted by Gasteiger charge is 2.18. The van der Waals surface area contributed by atoms with Crippen LogP contribution in [0.5, 0.6) is 5.75 Å². The second-order valence-electron chi connectivity index (χ2n) is 7.71. The first-order valence-electron chi connectivity index (χ1n) is 10.1. The average molecular weight is 507 g/mol. The lowest BCUT2D eigenvalue weighted by atomic mass is 10.1. The Labute approximate surface area is 203 Å². The summed E-state index contributed by atoms with van der Waals surface area (Å²) in [5.41, 5.74) is 3.30. The van der Waals surface area contributed by atoms with Crippen molar-refractivity contribution < 1.29 is 17.9 Å². The first-order chi connectivity index (χ1) is 15.5. The smallest absolute Gasteiger partial charge is 0.265 e. The molecular formula is C24H24Cl2N2O4S. The summed E-state index contributed by atoms with van der Waals surface area (Å²) >= 11 is 12.1. The summed E-state index contributed by atoms with van der Waals surface area (Å²) < 4.78 is 33.7. The van der Waals surface area contributed by atoms with Crippen molar-refractivity contribution >= 4 is 50.5 Å². The van der Waals surface area contributed by atoms with Gasteiger partial charge in [0.2, 0.25) is 0 Å². The number of rotatable bonds is 7. The summed E-state index contributed by atoms with van der Waals surface area (Å²) in [5, 5.41) is 3.81. The molecule has 0 bridgehead atoms. The van der Waals surface area contributed by atoms with Gasteiger partial charge in [-0.25, -0.2) is 8.42 Å². The predicted molar refractivity (Wildman–Crippen MR) is 133 cm³/mol. The minimum atomic E-state index is -3.82. The van der Waals surface area contributed by atoms with Gasteiger partial charge in [-0.1, -0.05) is 29.3 Å². The number of carbonyl (C=O) groups excluding carboxylic acids is 1. The molecule has 0 aliphatic rings. The number of sulfonamides is 1. The molecule has 3 aromatic rings. The summed E-state index contributed by atoms with van der Waals surface area (Å²) in [6.07, 6.45) is -0.777. The normalized spacial score (nSPS) is 12.2. The van der Waals surface area contributed by atoms with Crippen LogP contribution in [0, 0.1) is 20.8 Å². The fraction of sp³-hybridized carbons (Fsp3) is 0.208. The number of aryl methyl sites for hydroxylation is 3. The molecule has 0 fully saturated rings. The maximum atomic E-state index is 12.7. The summed E-state index contributed by atoms with van der Waals surface area (Å²) in [6.45, 7) is 7.14. The number of hydrogen-bond acceptors (Lipinski definition) is 4. The van der Waals surface area contributed by atoms with Crippen LogP contribution >= 0.6 is 23.2 Å². The quantitative estimate of drug-likeness (QED) is 0.403. The number of hydrogen-bond donors (Lipinski definition) is 2. The van der Waals surface area contributed by atoms with Crippen LogP contribution in [0.1, 0.15) is 23.6 Å². The summed E-state index contributed by atoms with van der Waals surface area (Å²) in [6, 6.07) is 14.4. The molecule has 2 N–H and O–H groups in total. The molecular weight excluding hydrogens is 483 g/mol. The van der Waals surface area contributed by atoms with E-state index < -0.39 is 16.1 Å². The fourth-order valence-corrected chi connectivity index (χ4v) is 4.50. The average Bonchev–Trinajstić information content (AvgIpc) is 2.74. The predicted octanol–water partition coefficient (Wildman–Crippen LogP) is 6.13. The third-order valence-electron chi connectivity index (χ3n) is 4.97. The second-order valence-corrected chi connectivity index (χ2v) is 10.2. The number of benzene rings is 3. The van der Waals surface area contributed by atoms with E-state index in [1.54, 1.807) is 44.2 Å². The lowest BCUT2D eigenvalue weighted by Gasteiger charge is -2.16. The van der Waals surface area contributed by atoms with Gasteiger partial charge in [0, 0.05) is 15.7 Å².